The number of pyridine rings is 1. The van der Waals surface area contributed by atoms with E-state index in [1.54, 1.807) is 12.4 Å². The highest BCUT2D eigenvalue weighted by Gasteiger charge is 2.11. The van der Waals surface area contributed by atoms with Gasteiger partial charge < -0.3 is 0 Å². The van der Waals surface area contributed by atoms with Crippen LogP contribution in [-0.4, -0.2) is 21.1 Å². The minimum atomic E-state index is -0.163. The molecule has 5 nitrogen and oxygen atoms in total. The van der Waals surface area contributed by atoms with Crippen LogP contribution in [0.4, 0.5) is 5.13 Å². The van der Waals surface area contributed by atoms with Crippen LogP contribution in [-0.2, 0) is 6.42 Å². The summed E-state index contributed by atoms with van der Waals surface area (Å²) < 4.78 is 0. The van der Waals surface area contributed by atoms with Crippen LogP contribution in [0.3, 0.4) is 0 Å². The molecule has 0 aliphatic heterocycles. The van der Waals surface area contributed by atoms with E-state index in [0.29, 0.717) is 10.7 Å². The molecule has 1 aromatic carbocycles. The summed E-state index contributed by atoms with van der Waals surface area (Å²) in [5, 5.41) is 12.3. The summed E-state index contributed by atoms with van der Waals surface area (Å²) >= 11 is 1.35. The summed E-state index contributed by atoms with van der Waals surface area (Å²) in [6.45, 7) is 2.24. The summed E-state index contributed by atoms with van der Waals surface area (Å²) in [7, 11) is 0. The second-order valence-corrected chi connectivity index (χ2v) is 7.79. The topological polar surface area (TPSA) is 67.8 Å². The number of unbranched alkanes of at least 4 members (excludes halogenated alkanes) is 5. The highest BCUT2D eigenvalue weighted by molar-refractivity contribution is 7.18. The monoisotopic (exact) mass is 394 g/mol. The Balaban J connectivity index is 1.49. The molecule has 0 saturated heterocycles. The van der Waals surface area contributed by atoms with Crippen LogP contribution in [0, 0.1) is 0 Å². The van der Waals surface area contributed by atoms with Gasteiger partial charge in [-0.05, 0) is 42.7 Å². The van der Waals surface area contributed by atoms with Crippen molar-refractivity contribution in [2.75, 3.05) is 5.32 Å². The van der Waals surface area contributed by atoms with Gasteiger partial charge in [-0.25, -0.2) is 0 Å². The van der Waals surface area contributed by atoms with E-state index in [4.69, 9.17) is 0 Å². The minimum absolute atomic E-state index is 0.163. The summed E-state index contributed by atoms with van der Waals surface area (Å²) in [5.41, 5.74) is 2.85. The third kappa shape index (κ3) is 5.96. The van der Waals surface area contributed by atoms with E-state index >= 15 is 0 Å². The maximum absolute atomic E-state index is 12.4. The molecule has 0 unspecified atom stereocenters. The van der Waals surface area contributed by atoms with Crippen molar-refractivity contribution in [3.05, 3.63) is 59.9 Å². The van der Waals surface area contributed by atoms with Crippen molar-refractivity contribution >= 4 is 22.4 Å². The molecule has 6 heteroatoms. The second-order valence-electron chi connectivity index (χ2n) is 6.82. The first kappa shape index (κ1) is 20.1. The molecule has 0 saturated carbocycles. The van der Waals surface area contributed by atoms with Crippen molar-refractivity contribution in [1.82, 2.24) is 15.2 Å². The fourth-order valence-electron chi connectivity index (χ4n) is 2.99. The molecular weight excluding hydrogens is 368 g/mol. The zero-order valence-electron chi connectivity index (χ0n) is 16.2. The van der Waals surface area contributed by atoms with Gasteiger partial charge in [0.15, 0.2) is 0 Å². The fourth-order valence-corrected chi connectivity index (χ4v) is 3.73. The minimum Gasteiger partial charge on any atom is -0.296 e. The lowest BCUT2D eigenvalue weighted by Crippen LogP contribution is -2.11. The van der Waals surface area contributed by atoms with Gasteiger partial charge in [-0.1, -0.05) is 62.5 Å². The van der Waals surface area contributed by atoms with Crippen molar-refractivity contribution in [3.63, 3.8) is 0 Å². The first-order valence-electron chi connectivity index (χ1n) is 9.90. The number of carbonyl (C=O) groups is 1. The number of amides is 1. The molecule has 0 atom stereocenters. The van der Waals surface area contributed by atoms with E-state index in [-0.39, 0.29) is 5.91 Å². The Morgan fingerprint density at radius 1 is 0.929 bits per heavy atom. The van der Waals surface area contributed by atoms with E-state index in [1.807, 2.05) is 36.4 Å². The third-order valence-corrected chi connectivity index (χ3v) is 5.50. The molecule has 0 aliphatic rings. The van der Waals surface area contributed by atoms with Crippen LogP contribution in [0.5, 0.6) is 0 Å². The number of anilines is 1. The Labute approximate surface area is 170 Å². The summed E-state index contributed by atoms with van der Waals surface area (Å²) in [6.07, 6.45) is 12.2. The number of benzene rings is 1. The predicted octanol–water partition coefficient (Wildman–Crippen LogP) is 5.76. The number of nitrogens with one attached hydrogen (secondary N) is 1. The number of aromatic nitrogens is 3. The molecule has 3 aromatic rings. The Morgan fingerprint density at radius 3 is 2.39 bits per heavy atom. The van der Waals surface area contributed by atoms with E-state index in [2.05, 4.69) is 27.4 Å². The SMILES string of the molecule is CCCCCCCCc1ccc(C(=O)Nc2nnc(-c3ccncc3)s2)cc1. The molecule has 2 aromatic heterocycles. The van der Waals surface area contributed by atoms with Crippen molar-refractivity contribution in [1.29, 1.82) is 0 Å². The van der Waals surface area contributed by atoms with Crippen molar-refractivity contribution in [2.45, 2.75) is 51.9 Å². The molecule has 1 amide bonds. The number of carbonyl (C=O) groups excluding carboxylic acids is 1. The van der Waals surface area contributed by atoms with Crippen molar-refractivity contribution in [3.8, 4) is 10.6 Å². The Kier molecular flexibility index (Phi) is 7.67. The number of hydrogen-bond acceptors (Lipinski definition) is 5. The van der Waals surface area contributed by atoms with E-state index in [9.17, 15) is 4.79 Å². The average Bonchev–Trinajstić information content (AvgIpc) is 3.20. The van der Waals surface area contributed by atoms with Gasteiger partial charge in [0.05, 0.1) is 0 Å². The first-order chi connectivity index (χ1) is 13.8. The van der Waals surface area contributed by atoms with Crippen LogP contribution >= 0.6 is 11.3 Å². The van der Waals surface area contributed by atoms with Crippen LogP contribution in [0.2, 0.25) is 0 Å². The number of hydrogen-bond donors (Lipinski definition) is 1. The molecule has 0 bridgehead atoms. The Bertz CT molecular complexity index is 862. The lowest BCUT2D eigenvalue weighted by Gasteiger charge is -2.04. The number of nitrogens with zero attached hydrogens (tertiary/aromatic N) is 3. The molecule has 2 heterocycles. The number of rotatable bonds is 10. The Morgan fingerprint density at radius 2 is 1.64 bits per heavy atom. The molecule has 0 fully saturated rings. The predicted molar refractivity (Wildman–Crippen MR) is 115 cm³/mol. The van der Waals surface area contributed by atoms with Crippen molar-refractivity contribution in [2.24, 2.45) is 0 Å². The normalized spacial score (nSPS) is 10.8. The van der Waals surface area contributed by atoms with Gasteiger partial charge in [-0.15, -0.1) is 10.2 Å². The number of aryl methyl sites for hydroxylation is 1. The third-order valence-electron chi connectivity index (χ3n) is 4.61. The summed E-state index contributed by atoms with van der Waals surface area (Å²) in [5.74, 6) is -0.163. The smallest absolute Gasteiger partial charge is 0.257 e. The van der Waals surface area contributed by atoms with Gasteiger partial charge in [-0.3, -0.25) is 15.1 Å². The van der Waals surface area contributed by atoms with Gasteiger partial charge in [-0.2, -0.15) is 0 Å². The van der Waals surface area contributed by atoms with Gasteiger partial charge in [0, 0.05) is 23.5 Å². The molecule has 146 valence electrons. The summed E-state index contributed by atoms with van der Waals surface area (Å²) in [6, 6.07) is 11.6. The second kappa shape index (κ2) is 10.7. The van der Waals surface area contributed by atoms with Gasteiger partial charge in [0.2, 0.25) is 5.13 Å². The molecule has 28 heavy (non-hydrogen) atoms. The molecule has 0 aliphatic carbocycles. The van der Waals surface area contributed by atoms with Crippen LogP contribution in [0.15, 0.2) is 48.8 Å². The zero-order chi connectivity index (χ0) is 19.6. The van der Waals surface area contributed by atoms with Gasteiger partial charge in [0.25, 0.3) is 5.91 Å². The highest BCUT2D eigenvalue weighted by atomic mass is 32.1. The maximum atomic E-state index is 12.4. The van der Waals surface area contributed by atoms with Gasteiger partial charge in [0.1, 0.15) is 5.01 Å². The van der Waals surface area contributed by atoms with E-state index in [0.717, 1.165) is 17.0 Å². The fraction of sp³-hybridized carbons (Fsp3) is 0.364. The maximum Gasteiger partial charge on any atom is 0.257 e. The van der Waals surface area contributed by atoms with Crippen LogP contribution in [0.25, 0.3) is 10.6 Å². The zero-order valence-corrected chi connectivity index (χ0v) is 17.0. The quantitative estimate of drug-likeness (QED) is 0.444. The standard InChI is InChI=1S/C22H26N4OS/c1-2-3-4-5-6-7-8-17-9-11-18(12-10-17)20(27)24-22-26-25-21(28-22)19-13-15-23-16-14-19/h9-16H,2-8H2,1H3,(H,24,26,27). The first-order valence-corrected chi connectivity index (χ1v) is 10.7. The molecule has 0 radical (unpaired) electrons. The average molecular weight is 395 g/mol. The van der Waals surface area contributed by atoms with Crippen molar-refractivity contribution < 1.29 is 4.79 Å². The van der Waals surface area contributed by atoms with Crippen LogP contribution in [0.1, 0.15) is 61.4 Å². The van der Waals surface area contributed by atoms with Gasteiger partial charge >= 0.3 is 0 Å². The van der Waals surface area contributed by atoms with E-state index in [1.165, 1.54) is 55.4 Å². The lowest BCUT2D eigenvalue weighted by atomic mass is 10.0. The van der Waals surface area contributed by atoms with Crippen LogP contribution < -0.4 is 5.32 Å². The largest absolute Gasteiger partial charge is 0.296 e. The highest BCUT2D eigenvalue weighted by Crippen LogP contribution is 2.26. The lowest BCUT2D eigenvalue weighted by molar-refractivity contribution is 0.102. The molecule has 0 spiro atoms. The Hall–Kier alpha value is -2.60. The molecular formula is C22H26N4OS. The molecule has 1 N–H and O–H groups in total. The summed E-state index contributed by atoms with van der Waals surface area (Å²) in [4.78, 5) is 16.4. The molecule has 3 rings (SSSR count). The van der Waals surface area contributed by atoms with E-state index < -0.39 is 0 Å².